The third kappa shape index (κ3) is 7.56. The molecule has 0 aromatic heterocycles. The summed E-state index contributed by atoms with van der Waals surface area (Å²) in [5.41, 5.74) is 3.68. The van der Waals surface area contributed by atoms with E-state index in [0.29, 0.717) is 12.7 Å². The van der Waals surface area contributed by atoms with E-state index in [1.807, 2.05) is 109 Å². The molecular formula is C33H30N2O5. The quantitative estimate of drug-likeness (QED) is 0.141. The average molecular weight is 535 g/mol. The molecule has 0 N–H and O–H groups in total. The van der Waals surface area contributed by atoms with Crippen LogP contribution in [0, 0.1) is 0 Å². The fourth-order valence-electron chi connectivity index (χ4n) is 3.92. The molecule has 202 valence electrons. The Morgan fingerprint density at radius 3 is 1.62 bits per heavy atom. The molecule has 7 nitrogen and oxygen atoms in total. The molecule has 0 saturated carbocycles. The van der Waals surface area contributed by atoms with Crippen molar-refractivity contribution < 1.29 is 23.7 Å². The molecule has 7 heteroatoms. The van der Waals surface area contributed by atoms with Crippen LogP contribution >= 0.6 is 0 Å². The Hall–Kier alpha value is -4.46. The molecule has 0 aliphatic carbocycles. The van der Waals surface area contributed by atoms with E-state index >= 15 is 0 Å². The van der Waals surface area contributed by atoms with Crippen molar-refractivity contribution in [1.29, 1.82) is 0 Å². The first kappa shape index (κ1) is 25.8. The Labute approximate surface area is 233 Å². The van der Waals surface area contributed by atoms with Gasteiger partial charge in [-0.15, -0.1) is 0 Å². The van der Waals surface area contributed by atoms with E-state index in [4.69, 9.17) is 23.7 Å². The molecule has 0 amide bonds. The predicted octanol–water partition coefficient (Wildman–Crippen LogP) is 7.27. The molecule has 4 aromatic rings. The molecule has 40 heavy (non-hydrogen) atoms. The zero-order valence-corrected chi connectivity index (χ0v) is 22.0. The molecule has 2 atom stereocenters. The number of aliphatic imine (C=N–C) groups is 2. The maximum absolute atomic E-state index is 5.99. The Balaban J connectivity index is 0.969. The zero-order chi connectivity index (χ0) is 27.0. The molecule has 2 aliphatic heterocycles. The summed E-state index contributed by atoms with van der Waals surface area (Å²) in [6, 6.07) is 31.0. The van der Waals surface area contributed by atoms with Gasteiger partial charge in [-0.3, -0.25) is 9.98 Å². The Bertz CT molecular complexity index is 1420. The molecular weight excluding hydrogens is 504 g/mol. The lowest BCUT2D eigenvalue weighted by Gasteiger charge is -2.26. The molecule has 0 bridgehead atoms. The van der Waals surface area contributed by atoms with Gasteiger partial charge in [0.05, 0.1) is 37.3 Å². The molecule has 0 radical (unpaired) electrons. The number of nitrogens with zero attached hydrogens (tertiary/aromatic N) is 2. The Morgan fingerprint density at radius 2 is 1.15 bits per heavy atom. The number of rotatable bonds is 12. The van der Waals surface area contributed by atoms with Gasteiger partial charge >= 0.3 is 0 Å². The molecule has 6 rings (SSSR count). The van der Waals surface area contributed by atoms with Crippen molar-refractivity contribution in [3.63, 3.8) is 0 Å². The molecule has 2 saturated heterocycles. The second kappa shape index (κ2) is 12.6. The van der Waals surface area contributed by atoms with Gasteiger partial charge in [0.15, 0.2) is 0 Å². The van der Waals surface area contributed by atoms with Crippen LogP contribution in [-0.2, 0) is 9.47 Å². The van der Waals surface area contributed by atoms with Crippen molar-refractivity contribution in [2.75, 3.05) is 19.8 Å². The highest BCUT2D eigenvalue weighted by Gasteiger charge is 2.21. The van der Waals surface area contributed by atoms with Gasteiger partial charge in [0.1, 0.15) is 23.0 Å². The van der Waals surface area contributed by atoms with Crippen LogP contribution in [0.15, 0.2) is 107 Å². The summed E-state index contributed by atoms with van der Waals surface area (Å²) >= 11 is 0. The first-order valence-electron chi connectivity index (χ1n) is 13.4. The molecule has 2 unspecified atom stereocenters. The number of benzene rings is 4. The standard InChI is InChI=1S/C33H30N2O5/c1-9-28(36-19-17-32-23-38-32)10-2-24(1)21-34-26-5-13-29(14-6-26)39-30-15-7-27(8-16-30)35-22-25-3-11-31(12-4-25)40-33-18-20-37-33/h1-16,21-22,32-33H,17-20,23H2. The molecule has 0 spiro atoms. The fraction of sp³-hybridized carbons (Fsp3) is 0.212. The Kier molecular flexibility index (Phi) is 8.12. The van der Waals surface area contributed by atoms with Crippen LogP contribution in [0.3, 0.4) is 0 Å². The number of hydrogen-bond donors (Lipinski definition) is 0. The van der Waals surface area contributed by atoms with E-state index in [2.05, 4.69) is 9.98 Å². The smallest absolute Gasteiger partial charge is 0.202 e. The van der Waals surface area contributed by atoms with Gasteiger partial charge in [0, 0.05) is 25.3 Å². The van der Waals surface area contributed by atoms with Gasteiger partial charge in [0.2, 0.25) is 6.29 Å². The van der Waals surface area contributed by atoms with E-state index < -0.39 is 0 Å². The minimum atomic E-state index is -0.112. The molecule has 2 heterocycles. The zero-order valence-electron chi connectivity index (χ0n) is 22.0. The van der Waals surface area contributed by atoms with Crippen LogP contribution in [0.2, 0.25) is 0 Å². The van der Waals surface area contributed by atoms with Crippen molar-refractivity contribution in [3.05, 3.63) is 108 Å². The lowest BCUT2D eigenvalue weighted by Crippen LogP contribution is -2.32. The van der Waals surface area contributed by atoms with E-state index in [9.17, 15) is 0 Å². The van der Waals surface area contributed by atoms with Crippen LogP contribution in [0.25, 0.3) is 0 Å². The minimum Gasteiger partial charge on any atom is -0.493 e. The maximum atomic E-state index is 5.99. The summed E-state index contributed by atoms with van der Waals surface area (Å²) in [4.78, 5) is 9.11. The van der Waals surface area contributed by atoms with Crippen LogP contribution in [0.4, 0.5) is 11.4 Å². The Morgan fingerprint density at radius 1 is 0.650 bits per heavy atom. The van der Waals surface area contributed by atoms with Gasteiger partial charge in [-0.1, -0.05) is 0 Å². The van der Waals surface area contributed by atoms with Crippen LogP contribution in [0.5, 0.6) is 23.0 Å². The summed E-state index contributed by atoms with van der Waals surface area (Å²) in [5.74, 6) is 3.13. The maximum Gasteiger partial charge on any atom is 0.202 e. The number of ether oxygens (including phenoxy) is 5. The lowest BCUT2D eigenvalue weighted by atomic mass is 10.2. The van der Waals surface area contributed by atoms with E-state index in [1.165, 1.54) is 0 Å². The normalized spacial score (nSPS) is 18.0. The van der Waals surface area contributed by atoms with Gasteiger partial charge in [-0.05, 0) is 108 Å². The monoisotopic (exact) mass is 534 g/mol. The topological polar surface area (TPSA) is 74.2 Å². The van der Waals surface area contributed by atoms with Crippen molar-refractivity contribution in [2.45, 2.75) is 25.2 Å². The fourth-order valence-corrected chi connectivity index (χ4v) is 3.92. The molecule has 4 aromatic carbocycles. The van der Waals surface area contributed by atoms with Gasteiger partial charge in [-0.25, -0.2) is 0 Å². The van der Waals surface area contributed by atoms with Crippen molar-refractivity contribution in [2.24, 2.45) is 9.98 Å². The summed E-state index contributed by atoms with van der Waals surface area (Å²) < 4.78 is 27.9. The van der Waals surface area contributed by atoms with Gasteiger partial charge < -0.3 is 23.7 Å². The van der Waals surface area contributed by atoms with E-state index in [0.717, 1.165) is 71.6 Å². The molecule has 2 fully saturated rings. The summed E-state index contributed by atoms with van der Waals surface area (Å²) in [5, 5.41) is 0. The molecule has 2 aliphatic rings. The van der Waals surface area contributed by atoms with Crippen molar-refractivity contribution >= 4 is 23.8 Å². The van der Waals surface area contributed by atoms with E-state index in [-0.39, 0.29) is 6.29 Å². The minimum absolute atomic E-state index is 0.112. The van der Waals surface area contributed by atoms with Crippen LogP contribution in [-0.4, -0.2) is 44.6 Å². The van der Waals surface area contributed by atoms with Crippen LogP contribution < -0.4 is 14.2 Å². The van der Waals surface area contributed by atoms with Crippen LogP contribution in [0.1, 0.15) is 24.0 Å². The highest BCUT2D eigenvalue weighted by Crippen LogP contribution is 2.26. The average Bonchev–Trinajstić information content (AvgIpc) is 3.80. The number of epoxide rings is 1. The largest absolute Gasteiger partial charge is 0.493 e. The van der Waals surface area contributed by atoms with Crippen molar-refractivity contribution in [3.8, 4) is 23.0 Å². The lowest BCUT2D eigenvalue weighted by molar-refractivity contribution is -0.165. The first-order valence-corrected chi connectivity index (χ1v) is 13.4. The van der Waals surface area contributed by atoms with Gasteiger partial charge in [-0.2, -0.15) is 0 Å². The predicted molar refractivity (Wildman–Crippen MR) is 155 cm³/mol. The third-order valence-corrected chi connectivity index (χ3v) is 6.43. The second-order valence-electron chi connectivity index (χ2n) is 9.54. The summed E-state index contributed by atoms with van der Waals surface area (Å²) in [7, 11) is 0. The summed E-state index contributed by atoms with van der Waals surface area (Å²) in [6.45, 7) is 2.30. The van der Waals surface area contributed by atoms with Gasteiger partial charge in [0.25, 0.3) is 0 Å². The SMILES string of the molecule is C(=Nc1ccc(Oc2ccc(N=Cc3ccc(OC4CCO4)cc3)cc2)cc1)c1ccc(OCCC2CO2)cc1. The first-order chi connectivity index (χ1) is 19.7. The van der Waals surface area contributed by atoms with E-state index in [1.54, 1.807) is 0 Å². The third-order valence-electron chi connectivity index (χ3n) is 6.43. The van der Waals surface area contributed by atoms with Crippen molar-refractivity contribution in [1.82, 2.24) is 0 Å². The second-order valence-corrected chi connectivity index (χ2v) is 9.54. The highest BCUT2D eigenvalue weighted by molar-refractivity contribution is 5.82. The summed E-state index contributed by atoms with van der Waals surface area (Å²) in [6.07, 6.45) is 5.81. The highest BCUT2D eigenvalue weighted by atomic mass is 16.7. The number of hydrogen-bond acceptors (Lipinski definition) is 7.